The van der Waals surface area contributed by atoms with Gasteiger partial charge in [-0.15, -0.1) is 0 Å². The first-order chi connectivity index (χ1) is 6.63. The van der Waals surface area contributed by atoms with E-state index in [1.54, 1.807) is 0 Å². The van der Waals surface area contributed by atoms with Crippen LogP contribution >= 0.6 is 11.6 Å². The van der Waals surface area contributed by atoms with Crippen molar-refractivity contribution in [1.82, 2.24) is 0 Å². The lowest BCUT2D eigenvalue weighted by Gasteiger charge is -2.22. The molecule has 0 spiro atoms. The van der Waals surface area contributed by atoms with Crippen LogP contribution in [0.3, 0.4) is 0 Å². The zero-order valence-electron chi connectivity index (χ0n) is 8.15. The molecule has 1 aromatic rings. The first-order valence-electron chi connectivity index (χ1n) is 4.46. The highest BCUT2D eigenvalue weighted by Crippen LogP contribution is 2.16. The highest BCUT2D eigenvalue weighted by molar-refractivity contribution is 6.30. The van der Waals surface area contributed by atoms with Crippen molar-refractivity contribution < 1.29 is 5.11 Å². The van der Waals surface area contributed by atoms with E-state index in [9.17, 15) is 0 Å². The predicted molar refractivity (Wildman–Crippen MR) is 59.8 cm³/mol. The lowest BCUT2D eigenvalue weighted by atomic mass is 10.2. The summed E-state index contributed by atoms with van der Waals surface area (Å²) in [5, 5.41) is 9.52. The second-order valence-electron chi connectivity index (χ2n) is 3.30. The van der Waals surface area contributed by atoms with Gasteiger partial charge in [-0.25, -0.2) is 0 Å². The summed E-state index contributed by atoms with van der Waals surface area (Å²) in [6, 6.07) is 7.30. The van der Waals surface area contributed by atoms with E-state index >= 15 is 0 Å². The van der Waals surface area contributed by atoms with Crippen LogP contribution in [0.15, 0.2) is 24.3 Å². The molecule has 0 saturated heterocycles. The Morgan fingerprint density at radius 1 is 1.43 bits per heavy atom. The molecule has 3 nitrogen and oxygen atoms in total. The third-order valence-corrected chi connectivity index (χ3v) is 2.26. The van der Waals surface area contributed by atoms with Crippen molar-refractivity contribution in [3.63, 3.8) is 0 Å². The molecule has 0 radical (unpaired) electrons. The third-order valence-electron chi connectivity index (χ3n) is 2.01. The third kappa shape index (κ3) is 3.18. The van der Waals surface area contributed by atoms with Gasteiger partial charge in [0.1, 0.15) is 0 Å². The Bertz CT molecular complexity index is 276. The molecule has 4 heteroatoms. The smallest absolute Gasteiger partial charge is 0.0599 e. The Kier molecular flexibility index (Phi) is 4.20. The molecule has 1 unspecified atom stereocenters. The number of aliphatic hydroxyl groups is 1. The molecule has 1 aromatic carbocycles. The van der Waals surface area contributed by atoms with Crippen molar-refractivity contribution in [2.24, 2.45) is 5.73 Å². The van der Waals surface area contributed by atoms with E-state index in [0.29, 0.717) is 11.6 Å². The number of halogens is 1. The highest BCUT2D eigenvalue weighted by atomic mass is 35.5. The average Bonchev–Trinajstić information content (AvgIpc) is 2.18. The van der Waals surface area contributed by atoms with Gasteiger partial charge in [0, 0.05) is 30.3 Å². The summed E-state index contributed by atoms with van der Waals surface area (Å²) in [5.41, 5.74) is 6.66. The van der Waals surface area contributed by atoms with Crippen molar-refractivity contribution >= 4 is 17.3 Å². The maximum atomic E-state index is 8.80. The van der Waals surface area contributed by atoms with Gasteiger partial charge in [-0.1, -0.05) is 11.6 Å². The summed E-state index contributed by atoms with van der Waals surface area (Å²) in [7, 11) is 1.93. The number of benzene rings is 1. The van der Waals surface area contributed by atoms with Gasteiger partial charge in [-0.05, 0) is 24.3 Å². The fourth-order valence-electron chi connectivity index (χ4n) is 1.21. The first kappa shape index (κ1) is 11.3. The molecule has 0 saturated carbocycles. The van der Waals surface area contributed by atoms with Crippen LogP contribution in [-0.2, 0) is 0 Å². The number of likely N-dealkylation sites (N-methyl/N-ethyl adjacent to an activating group) is 1. The zero-order chi connectivity index (χ0) is 10.6. The molecule has 0 amide bonds. The maximum absolute atomic E-state index is 8.80. The number of anilines is 1. The molecule has 0 fully saturated rings. The van der Waals surface area contributed by atoms with Crippen molar-refractivity contribution in [3.8, 4) is 0 Å². The van der Waals surface area contributed by atoms with Gasteiger partial charge < -0.3 is 15.7 Å². The Morgan fingerprint density at radius 2 is 2.00 bits per heavy atom. The normalized spacial score (nSPS) is 12.6. The van der Waals surface area contributed by atoms with Crippen molar-refractivity contribution in [2.75, 3.05) is 25.1 Å². The Balaban J connectivity index is 2.60. The maximum Gasteiger partial charge on any atom is 0.0599 e. The second-order valence-corrected chi connectivity index (χ2v) is 3.74. The van der Waals surface area contributed by atoms with E-state index in [1.807, 2.05) is 36.2 Å². The van der Waals surface area contributed by atoms with Crippen molar-refractivity contribution in [2.45, 2.75) is 6.04 Å². The number of hydrogen-bond acceptors (Lipinski definition) is 3. The number of hydrogen-bond donors (Lipinski definition) is 2. The largest absolute Gasteiger partial charge is 0.395 e. The number of nitrogens with zero attached hydrogens (tertiary/aromatic N) is 1. The molecule has 14 heavy (non-hydrogen) atoms. The monoisotopic (exact) mass is 214 g/mol. The molecule has 0 heterocycles. The number of rotatable bonds is 4. The molecule has 0 aliphatic carbocycles. The van der Waals surface area contributed by atoms with Crippen LogP contribution in [0.1, 0.15) is 0 Å². The average molecular weight is 215 g/mol. The molecule has 3 N–H and O–H groups in total. The first-order valence-corrected chi connectivity index (χ1v) is 4.84. The van der Waals surface area contributed by atoms with Gasteiger partial charge >= 0.3 is 0 Å². The van der Waals surface area contributed by atoms with E-state index in [0.717, 1.165) is 5.69 Å². The Hall–Kier alpha value is -0.770. The minimum Gasteiger partial charge on any atom is -0.395 e. The summed E-state index contributed by atoms with van der Waals surface area (Å²) in [6.45, 7) is 0.621. The summed E-state index contributed by atoms with van der Waals surface area (Å²) >= 11 is 5.77. The van der Waals surface area contributed by atoms with Gasteiger partial charge in [0.05, 0.1) is 6.61 Å². The van der Waals surface area contributed by atoms with Crippen molar-refractivity contribution in [3.05, 3.63) is 29.3 Å². The van der Waals surface area contributed by atoms with Gasteiger partial charge in [0.15, 0.2) is 0 Å². The Labute approximate surface area is 89.1 Å². The predicted octanol–water partition coefficient (Wildman–Crippen LogP) is 1.10. The molecule has 78 valence electrons. The quantitative estimate of drug-likeness (QED) is 0.789. The van der Waals surface area contributed by atoms with Gasteiger partial charge in [-0.3, -0.25) is 0 Å². The van der Waals surface area contributed by atoms with E-state index < -0.39 is 0 Å². The molecular formula is C10H15ClN2O. The van der Waals surface area contributed by atoms with Gasteiger partial charge in [-0.2, -0.15) is 0 Å². The topological polar surface area (TPSA) is 49.5 Å². The SMILES string of the molecule is CN(CC(N)CO)c1ccc(Cl)cc1. The summed E-state index contributed by atoms with van der Waals surface area (Å²) in [5.74, 6) is 0. The Morgan fingerprint density at radius 3 is 2.50 bits per heavy atom. The second kappa shape index (κ2) is 5.20. The summed E-state index contributed by atoms with van der Waals surface area (Å²) in [6.07, 6.45) is 0. The van der Waals surface area contributed by atoms with E-state index in [-0.39, 0.29) is 12.6 Å². The van der Waals surface area contributed by atoms with E-state index in [4.69, 9.17) is 22.4 Å². The lowest BCUT2D eigenvalue weighted by molar-refractivity contribution is 0.267. The standard InChI is InChI=1S/C10H15ClN2O/c1-13(6-9(12)7-14)10-4-2-8(11)3-5-10/h2-5,9,14H,6-7,12H2,1H3. The van der Waals surface area contributed by atoms with Gasteiger partial charge in [0.2, 0.25) is 0 Å². The zero-order valence-corrected chi connectivity index (χ0v) is 8.91. The van der Waals surface area contributed by atoms with Crippen molar-refractivity contribution in [1.29, 1.82) is 0 Å². The molecule has 1 rings (SSSR count). The van der Waals surface area contributed by atoms with Crippen LogP contribution in [0.2, 0.25) is 5.02 Å². The minimum absolute atomic E-state index is 0.00205. The van der Waals surface area contributed by atoms with Crippen LogP contribution in [0, 0.1) is 0 Å². The van der Waals surface area contributed by atoms with Crippen LogP contribution in [0.5, 0.6) is 0 Å². The molecule has 0 aliphatic heterocycles. The molecule has 0 bridgehead atoms. The van der Waals surface area contributed by atoms with Gasteiger partial charge in [0.25, 0.3) is 0 Å². The molecule has 1 atom stereocenters. The van der Waals surface area contributed by atoms with E-state index in [2.05, 4.69) is 0 Å². The summed E-state index contributed by atoms with van der Waals surface area (Å²) < 4.78 is 0. The lowest BCUT2D eigenvalue weighted by Crippen LogP contribution is -2.37. The summed E-state index contributed by atoms with van der Waals surface area (Å²) in [4.78, 5) is 1.98. The molecule has 0 aliphatic rings. The van der Waals surface area contributed by atoms with E-state index in [1.165, 1.54) is 0 Å². The highest BCUT2D eigenvalue weighted by Gasteiger charge is 2.05. The molecule has 0 aromatic heterocycles. The minimum atomic E-state index is -0.212. The fraction of sp³-hybridized carbons (Fsp3) is 0.400. The van der Waals surface area contributed by atoms with Crippen LogP contribution < -0.4 is 10.6 Å². The van der Waals surface area contributed by atoms with Crippen LogP contribution in [0.25, 0.3) is 0 Å². The fourth-order valence-corrected chi connectivity index (χ4v) is 1.34. The number of aliphatic hydroxyl groups excluding tert-OH is 1. The molecular weight excluding hydrogens is 200 g/mol. The number of nitrogens with two attached hydrogens (primary N) is 1. The van der Waals surface area contributed by atoms with Crippen LogP contribution in [0.4, 0.5) is 5.69 Å². The van der Waals surface area contributed by atoms with Crippen LogP contribution in [-0.4, -0.2) is 31.3 Å².